The Bertz CT molecular complexity index is 358. The predicted octanol–water partition coefficient (Wildman–Crippen LogP) is 1.83. The number of nitrogens with one attached hydrogen (secondary N) is 1. The van der Waals surface area contributed by atoms with Crippen LogP contribution in [0.5, 0.6) is 0 Å². The number of hydrogen-bond acceptors (Lipinski definition) is 4. The van der Waals surface area contributed by atoms with Crippen LogP contribution in [0.4, 0.5) is 0 Å². The van der Waals surface area contributed by atoms with E-state index in [0.717, 1.165) is 18.8 Å². The van der Waals surface area contributed by atoms with Crippen molar-refractivity contribution in [3.8, 4) is 0 Å². The molecule has 0 unspecified atom stereocenters. The molecule has 0 spiro atoms. The van der Waals surface area contributed by atoms with Crippen molar-refractivity contribution in [2.75, 3.05) is 0 Å². The zero-order valence-corrected chi connectivity index (χ0v) is 8.50. The van der Waals surface area contributed by atoms with Crippen LogP contribution >= 0.6 is 11.3 Å². The molecule has 1 N–H and O–H groups in total. The topological polar surface area (TPSA) is 37.8 Å². The van der Waals surface area contributed by atoms with E-state index in [9.17, 15) is 0 Å². The number of nitrogens with zero attached hydrogens (tertiary/aromatic N) is 2. The Hall–Kier alpha value is -1.26. The molecule has 0 radical (unpaired) electrons. The number of aromatic nitrogens is 2. The lowest BCUT2D eigenvalue weighted by Crippen LogP contribution is -2.12. The maximum atomic E-state index is 4.22. The summed E-state index contributed by atoms with van der Waals surface area (Å²) in [5, 5.41) is 3.31. The zero-order valence-electron chi connectivity index (χ0n) is 7.68. The maximum Gasteiger partial charge on any atom is 0.0794 e. The molecule has 0 amide bonds. The molecule has 4 heteroatoms. The fourth-order valence-corrected chi connectivity index (χ4v) is 1.71. The molecule has 0 saturated carbocycles. The summed E-state index contributed by atoms with van der Waals surface area (Å²) in [6.45, 7) is 1.67. The molecule has 0 aliphatic carbocycles. The largest absolute Gasteiger partial charge is 0.306 e. The van der Waals surface area contributed by atoms with Crippen LogP contribution in [-0.2, 0) is 13.1 Å². The standard InChI is InChI=1S/C10H11N3S/c1-2-4-13-9(3-1)5-11-6-10-7-12-8-14-10/h1-4,7-8,11H,5-6H2. The van der Waals surface area contributed by atoms with Gasteiger partial charge in [0.25, 0.3) is 0 Å². The molecule has 14 heavy (non-hydrogen) atoms. The van der Waals surface area contributed by atoms with E-state index in [1.54, 1.807) is 11.3 Å². The maximum absolute atomic E-state index is 4.22. The van der Waals surface area contributed by atoms with Crippen molar-refractivity contribution in [3.63, 3.8) is 0 Å². The van der Waals surface area contributed by atoms with Crippen LogP contribution < -0.4 is 5.32 Å². The molecule has 0 aliphatic rings. The van der Waals surface area contributed by atoms with Gasteiger partial charge in [0.1, 0.15) is 0 Å². The lowest BCUT2D eigenvalue weighted by molar-refractivity contribution is 0.686. The molecule has 0 bridgehead atoms. The van der Waals surface area contributed by atoms with Crippen LogP contribution in [0, 0.1) is 0 Å². The molecule has 2 heterocycles. The average molecular weight is 205 g/mol. The van der Waals surface area contributed by atoms with Gasteiger partial charge in [0.15, 0.2) is 0 Å². The molecule has 2 rings (SSSR count). The molecule has 0 aromatic carbocycles. The first-order valence-electron chi connectivity index (χ1n) is 4.43. The van der Waals surface area contributed by atoms with Crippen LogP contribution in [0.2, 0.25) is 0 Å². The summed E-state index contributed by atoms with van der Waals surface area (Å²) in [4.78, 5) is 9.48. The molecule has 0 atom stereocenters. The minimum Gasteiger partial charge on any atom is -0.306 e. The van der Waals surface area contributed by atoms with Crippen molar-refractivity contribution < 1.29 is 0 Å². The van der Waals surface area contributed by atoms with Crippen molar-refractivity contribution in [2.45, 2.75) is 13.1 Å². The predicted molar refractivity (Wildman–Crippen MR) is 56.9 cm³/mol. The van der Waals surface area contributed by atoms with Crippen molar-refractivity contribution >= 4 is 11.3 Å². The fraction of sp³-hybridized carbons (Fsp3) is 0.200. The van der Waals surface area contributed by atoms with E-state index in [4.69, 9.17) is 0 Å². The number of thiazole rings is 1. The third-order valence-electron chi connectivity index (χ3n) is 1.81. The smallest absolute Gasteiger partial charge is 0.0794 e. The first-order valence-corrected chi connectivity index (χ1v) is 5.31. The molecule has 2 aromatic rings. The van der Waals surface area contributed by atoms with E-state index in [0.29, 0.717) is 0 Å². The van der Waals surface area contributed by atoms with Crippen LogP contribution in [0.3, 0.4) is 0 Å². The summed E-state index contributed by atoms with van der Waals surface area (Å²) < 4.78 is 0. The van der Waals surface area contributed by atoms with E-state index in [-0.39, 0.29) is 0 Å². The van der Waals surface area contributed by atoms with Crippen LogP contribution in [0.1, 0.15) is 10.6 Å². The van der Waals surface area contributed by atoms with Gasteiger partial charge in [-0.2, -0.15) is 0 Å². The van der Waals surface area contributed by atoms with E-state index in [1.807, 2.05) is 36.1 Å². The van der Waals surface area contributed by atoms with Gasteiger partial charge < -0.3 is 5.32 Å². The van der Waals surface area contributed by atoms with Crippen molar-refractivity contribution in [3.05, 3.63) is 46.7 Å². The van der Waals surface area contributed by atoms with Crippen molar-refractivity contribution in [1.82, 2.24) is 15.3 Å². The lowest BCUT2D eigenvalue weighted by Gasteiger charge is -2.01. The second-order valence-electron chi connectivity index (χ2n) is 2.89. The van der Waals surface area contributed by atoms with Gasteiger partial charge in [0, 0.05) is 30.4 Å². The number of pyridine rings is 1. The SMILES string of the molecule is c1ccc(CNCc2cncs2)nc1. The molecule has 0 saturated heterocycles. The van der Waals surface area contributed by atoms with Crippen molar-refractivity contribution in [1.29, 1.82) is 0 Å². The van der Waals surface area contributed by atoms with Gasteiger partial charge in [-0.15, -0.1) is 11.3 Å². The summed E-state index contributed by atoms with van der Waals surface area (Å²) in [5.74, 6) is 0. The quantitative estimate of drug-likeness (QED) is 0.827. The Balaban J connectivity index is 1.79. The van der Waals surface area contributed by atoms with Gasteiger partial charge in [-0.3, -0.25) is 9.97 Å². The van der Waals surface area contributed by atoms with Crippen LogP contribution in [0.25, 0.3) is 0 Å². The van der Waals surface area contributed by atoms with E-state index in [1.165, 1.54) is 4.88 Å². The minimum absolute atomic E-state index is 0.804. The van der Waals surface area contributed by atoms with Gasteiger partial charge in [0.2, 0.25) is 0 Å². The Labute approximate surface area is 86.8 Å². The Kier molecular flexibility index (Phi) is 3.21. The summed E-state index contributed by atoms with van der Waals surface area (Å²) in [6, 6.07) is 5.93. The van der Waals surface area contributed by atoms with E-state index in [2.05, 4.69) is 15.3 Å². The van der Waals surface area contributed by atoms with Crippen LogP contribution in [0.15, 0.2) is 36.1 Å². The first-order chi connectivity index (χ1) is 6.95. The number of hydrogen-bond donors (Lipinski definition) is 1. The molecule has 3 nitrogen and oxygen atoms in total. The van der Waals surface area contributed by atoms with Gasteiger partial charge in [-0.25, -0.2) is 0 Å². The Morgan fingerprint density at radius 2 is 2.29 bits per heavy atom. The van der Waals surface area contributed by atoms with Gasteiger partial charge in [0.05, 0.1) is 11.2 Å². The second-order valence-corrected chi connectivity index (χ2v) is 3.86. The highest BCUT2D eigenvalue weighted by Crippen LogP contribution is 2.04. The van der Waals surface area contributed by atoms with Gasteiger partial charge in [-0.1, -0.05) is 6.07 Å². The fourth-order valence-electron chi connectivity index (χ4n) is 1.15. The highest BCUT2D eigenvalue weighted by molar-refractivity contribution is 7.09. The third kappa shape index (κ3) is 2.61. The molecule has 0 fully saturated rings. The average Bonchev–Trinajstić information content (AvgIpc) is 2.72. The van der Waals surface area contributed by atoms with Gasteiger partial charge >= 0.3 is 0 Å². The van der Waals surface area contributed by atoms with Gasteiger partial charge in [-0.05, 0) is 12.1 Å². The van der Waals surface area contributed by atoms with E-state index >= 15 is 0 Å². The molecule has 2 aromatic heterocycles. The third-order valence-corrected chi connectivity index (χ3v) is 2.59. The minimum atomic E-state index is 0.804. The molecule has 0 aliphatic heterocycles. The first kappa shape index (κ1) is 9.30. The summed E-state index contributed by atoms with van der Waals surface area (Å²) >= 11 is 1.66. The summed E-state index contributed by atoms with van der Waals surface area (Å²) in [5.41, 5.74) is 2.91. The monoisotopic (exact) mass is 205 g/mol. The second kappa shape index (κ2) is 4.83. The van der Waals surface area contributed by atoms with Crippen molar-refractivity contribution in [2.24, 2.45) is 0 Å². The molecular formula is C10H11N3S. The zero-order chi connectivity index (χ0) is 9.64. The lowest BCUT2D eigenvalue weighted by atomic mass is 10.3. The Morgan fingerprint density at radius 3 is 3.00 bits per heavy atom. The highest BCUT2D eigenvalue weighted by atomic mass is 32.1. The Morgan fingerprint density at radius 1 is 1.29 bits per heavy atom. The number of rotatable bonds is 4. The highest BCUT2D eigenvalue weighted by Gasteiger charge is 1.94. The molecule has 72 valence electrons. The van der Waals surface area contributed by atoms with E-state index < -0.39 is 0 Å². The summed E-state index contributed by atoms with van der Waals surface area (Å²) in [6.07, 6.45) is 3.69. The normalized spacial score (nSPS) is 10.3. The molecular weight excluding hydrogens is 194 g/mol. The van der Waals surface area contributed by atoms with Crippen LogP contribution in [-0.4, -0.2) is 9.97 Å². The summed E-state index contributed by atoms with van der Waals surface area (Å²) in [7, 11) is 0.